The van der Waals surface area contributed by atoms with Crippen molar-refractivity contribution in [2.24, 2.45) is 0 Å². The third kappa shape index (κ3) is 3.75. The molecule has 2 fully saturated rings. The third-order valence-electron chi connectivity index (χ3n) is 4.53. The van der Waals surface area contributed by atoms with Crippen molar-refractivity contribution in [2.45, 2.75) is 44.2 Å². The summed E-state index contributed by atoms with van der Waals surface area (Å²) in [6, 6.07) is 7.35. The van der Waals surface area contributed by atoms with Gasteiger partial charge in [-0.25, -0.2) is 4.79 Å². The molecule has 1 heterocycles. The second-order valence-corrected chi connectivity index (χ2v) is 6.20. The van der Waals surface area contributed by atoms with Gasteiger partial charge in [-0.2, -0.15) is 0 Å². The maximum Gasteiger partial charge on any atom is 0.315 e. The van der Waals surface area contributed by atoms with Crippen molar-refractivity contribution >= 4 is 17.6 Å². The van der Waals surface area contributed by atoms with Crippen molar-refractivity contribution in [2.75, 3.05) is 18.6 Å². The van der Waals surface area contributed by atoms with E-state index in [9.17, 15) is 9.59 Å². The number of methoxy groups -OCH3 is 1. The molecule has 6 nitrogen and oxygen atoms in total. The molecule has 3 amide bonds. The highest BCUT2D eigenvalue weighted by atomic mass is 16.5. The fourth-order valence-electron chi connectivity index (χ4n) is 3.30. The zero-order valence-corrected chi connectivity index (χ0v) is 13.4. The van der Waals surface area contributed by atoms with E-state index < -0.39 is 0 Å². The number of benzene rings is 1. The summed E-state index contributed by atoms with van der Waals surface area (Å²) in [6.45, 7) is 0.503. The minimum Gasteiger partial charge on any atom is -0.497 e. The highest BCUT2D eigenvalue weighted by Gasteiger charge is 2.32. The van der Waals surface area contributed by atoms with Crippen LogP contribution >= 0.6 is 0 Å². The van der Waals surface area contributed by atoms with E-state index >= 15 is 0 Å². The first-order valence-electron chi connectivity index (χ1n) is 8.17. The Hall–Kier alpha value is -2.24. The van der Waals surface area contributed by atoms with Crippen LogP contribution in [-0.2, 0) is 4.79 Å². The predicted octanol–water partition coefficient (Wildman–Crippen LogP) is 2.04. The number of urea groups is 1. The number of nitrogens with zero attached hydrogens (tertiary/aromatic N) is 1. The first-order valence-corrected chi connectivity index (χ1v) is 8.17. The number of anilines is 1. The Bertz CT molecular complexity index is 567. The van der Waals surface area contributed by atoms with E-state index in [0.717, 1.165) is 24.3 Å². The summed E-state index contributed by atoms with van der Waals surface area (Å²) >= 11 is 0. The molecule has 2 aliphatic rings. The summed E-state index contributed by atoms with van der Waals surface area (Å²) in [7, 11) is 1.61. The fraction of sp³-hybridized carbons (Fsp3) is 0.529. The molecule has 0 bridgehead atoms. The average molecular weight is 317 g/mol. The van der Waals surface area contributed by atoms with Gasteiger partial charge < -0.3 is 20.3 Å². The highest BCUT2D eigenvalue weighted by Crippen LogP contribution is 2.24. The molecule has 1 aromatic carbocycles. The minimum atomic E-state index is -0.161. The molecule has 1 aliphatic heterocycles. The van der Waals surface area contributed by atoms with Crippen LogP contribution < -0.4 is 20.3 Å². The van der Waals surface area contributed by atoms with Gasteiger partial charge in [-0.05, 0) is 37.1 Å². The maximum absolute atomic E-state index is 12.2. The second-order valence-electron chi connectivity index (χ2n) is 6.20. The van der Waals surface area contributed by atoms with Gasteiger partial charge in [-0.15, -0.1) is 0 Å². The van der Waals surface area contributed by atoms with Crippen molar-refractivity contribution in [3.63, 3.8) is 0 Å². The van der Waals surface area contributed by atoms with Gasteiger partial charge in [0.25, 0.3) is 0 Å². The Labute approximate surface area is 136 Å². The number of nitrogens with one attached hydrogen (secondary N) is 2. The molecule has 1 aliphatic carbocycles. The lowest BCUT2D eigenvalue weighted by Gasteiger charge is -2.19. The molecule has 1 aromatic rings. The SMILES string of the molecule is COc1ccc(N2C[C@@H](NC(=O)NC3CCCC3)CC2=O)cc1. The van der Waals surface area contributed by atoms with Crippen LogP contribution in [0.2, 0.25) is 0 Å². The molecule has 1 saturated carbocycles. The number of hydrogen-bond acceptors (Lipinski definition) is 3. The Morgan fingerprint density at radius 1 is 1.13 bits per heavy atom. The molecule has 124 valence electrons. The Kier molecular flexibility index (Phi) is 4.69. The van der Waals surface area contributed by atoms with Crippen molar-refractivity contribution in [3.8, 4) is 5.75 Å². The molecule has 0 radical (unpaired) electrons. The summed E-state index contributed by atoms with van der Waals surface area (Å²) in [5, 5.41) is 5.92. The lowest BCUT2D eigenvalue weighted by Crippen LogP contribution is -2.46. The summed E-state index contributed by atoms with van der Waals surface area (Å²) < 4.78 is 5.13. The van der Waals surface area contributed by atoms with Crippen LogP contribution in [0.1, 0.15) is 32.1 Å². The lowest BCUT2D eigenvalue weighted by atomic mass is 10.2. The summed E-state index contributed by atoms with van der Waals surface area (Å²) in [5.74, 6) is 0.785. The zero-order valence-electron chi connectivity index (χ0n) is 13.4. The van der Waals surface area contributed by atoms with E-state index in [4.69, 9.17) is 4.74 Å². The predicted molar refractivity (Wildman–Crippen MR) is 87.7 cm³/mol. The van der Waals surface area contributed by atoms with Crippen LogP contribution in [0.3, 0.4) is 0 Å². The van der Waals surface area contributed by atoms with E-state index in [1.165, 1.54) is 12.8 Å². The average Bonchev–Trinajstić information content (AvgIpc) is 3.17. The van der Waals surface area contributed by atoms with Crippen LogP contribution in [0.15, 0.2) is 24.3 Å². The molecule has 23 heavy (non-hydrogen) atoms. The van der Waals surface area contributed by atoms with Crippen LogP contribution in [-0.4, -0.2) is 37.7 Å². The van der Waals surface area contributed by atoms with Gasteiger partial charge in [0.05, 0.1) is 13.2 Å². The molecule has 0 unspecified atom stereocenters. The van der Waals surface area contributed by atoms with E-state index in [0.29, 0.717) is 13.0 Å². The van der Waals surface area contributed by atoms with Crippen LogP contribution in [0, 0.1) is 0 Å². The van der Waals surface area contributed by atoms with Gasteiger partial charge in [0.2, 0.25) is 5.91 Å². The standard InChI is InChI=1S/C17H23N3O3/c1-23-15-8-6-14(7-9-15)20-11-13(10-16(20)21)19-17(22)18-12-4-2-3-5-12/h6-9,12-13H,2-5,10-11H2,1H3,(H2,18,19,22)/t13-/m0/s1. The monoisotopic (exact) mass is 317 g/mol. The highest BCUT2D eigenvalue weighted by molar-refractivity contribution is 5.96. The van der Waals surface area contributed by atoms with E-state index in [1.54, 1.807) is 12.0 Å². The van der Waals surface area contributed by atoms with E-state index in [2.05, 4.69) is 10.6 Å². The first kappa shape index (κ1) is 15.6. The van der Waals surface area contributed by atoms with Crippen molar-refractivity contribution in [3.05, 3.63) is 24.3 Å². The molecular formula is C17H23N3O3. The largest absolute Gasteiger partial charge is 0.497 e. The summed E-state index contributed by atoms with van der Waals surface area (Å²) in [6.07, 6.45) is 4.80. The molecule has 0 spiro atoms. The van der Waals surface area contributed by atoms with Gasteiger partial charge in [-0.1, -0.05) is 12.8 Å². The van der Waals surface area contributed by atoms with E-state index in [1.807, 2.05) is 24.3 Å². The van der Waals surface area contributed by atoms with Gasteiger partial charge in [-0.3, -0.25) is 4.79 Å². The van der Waals surface area contributed by atoms with Crippen LogP contribution in [0.4, 0.5) is 10.5 Å². The van der Waals surface area contributed by atoms with Crippen molar-refractivity contribution < 1.29 is 14.3 Å². The molecule has 1 saturated heterocycles. The van der Waals surface area contributed by atoms with Crippen molar-refractivity contribution in [1.29, 1.82) is 0 Å². The number of rotatable bonds is 4. The number of hydrogen-bond donors (Lipinski definition) is 2. The molecule has 6 heteroatoms. The Balaban J connectivity index is 1.54. The lowest BCUT2D eigenvalue weighted by molar-refractivity contribution is -0.117. The number of amides is 3. The smallest absolute Gasteiger partial charge is 0.315 e. The summed E-state index contributed by atoms with van der Waals surface area (Å²) in [4.78, 5) is 25.9. The van der Waals surface area contributed by atoms with Gasteiger partial charge in [0.1, 0.15) is 5.75 Å². The van der Waals surface area contributed by atoms with Gasteiger partial charge in [0, 0.05) is 24.7 Å². The Morgan fingerprint density at radius 2 is 1.78 bits per heavy atom. The topological polar surface area (TPSA) is 70.7 Å². The Morgan fingerprint density at radius 3 is 2.43 bits per heavy atom. The van der Waals surface area contributed by atoms with Crippen LogP contribution in [0.25, 0.3) is 0 Å². The van der Waals surface area contributed by atoms with Crippen LogP contribution in [0.5, 0.6) is 5.75 Å². The molecular weight excluding hydrogens is 294 g/mol. The third-order valence-corrected chi connectivity index (χ3v) is 4.53. The van der Waals surface area contributed by atoms with Crippen molar-refractivity contribution in [1.82, 2.24) is 10.6 Å². The molecule has 3 rings (SSSR count). The molecule has 1 atom stereocenters. The zero-order chi connectivity index (χ0) is 16.2. The minimum absolute atomic E-state index is 0.0290. The first-order chi connectivity index (χ1) is 11.2. The van der Waals surface area contributed by atoms with E-state index in [-0.39, 0.29) is 24.0 Å². The van der Waals surface area contributed by atoms with Gasteiger partial charge in [0.15, 0.2) is 0 Å². The summed E-state index contributed by atoms with van der Waals surface area (Å²) in [5.41, 5.74) is 0.830. The maximum atomic E-state index is 12.2. The number of carbonyl (C=O) groups is 2. The quantitative estimate of drug-likeness (QED) is 0.893. The molecule has 2 N–H and O–H groups in total. The number of carbonyl (C=O) groups excluding carboxylic acids is 2. The molecule has 0 aromatic heterocycles. The fourth-order valence-corrected chi connectivity index (χ4v) is 3.30. The number of ether oxygens (including phenoxy) is 1. The van der Waals surface area contributed by atoms with Gasteiger partial charge >= 0.3 is 6.03 Å². The normalized spacial score (nSPS) is 21.5. The second kappa shape index (κ2) is 6.89.